The maximum absolute atomic E-state index is 13.8. The molecule has 1 amide bonds. The summed E-state index contributed by atoms with van der Waals surface area (Å²) in [4.78, 5) is 31.6. The highest BCUT2D eigenvalue weighted by Crippen LogP contribution is 2.32. The third-order valence-corrected chi connectivity index (χ3v) is 6.52. The molecule has 0 aliphatic carbocycles. The molecule has 0 atom stereocenters. The summed E-state index contributed by atoms with van der Waals surface area (Å²) in [5, 5.41) is 3.49. The number of thiophene rings is 1. The molecule has 4 rings (SSSR count). The standard InChI is InChI=1S/C23H18FN3O2S2/c1-2-12-27-22(29)16-13-19(15-8-4-3-5-9-15)31-21(16)26-23(27)30-14-20(28)25-18-11-7-6-10-17(18)24/h2-11,13H,1,12,14H2,(H,25,28). The molecule has 0 aliphatic heterocycles. The van der Waals surface area contributed by atoms with E-state index in [1.54, 1.807) is 18.2 Å². The van der Waals surface area contributed by atoms with E-state index in [4.69, 9.17) is 0 Å². The Bertz CT molecular complexity index is 1320. The number of thioether (sulfide) groups is 1. The molecule has 156 valence electrons. The van der Waals surface area contributed by atoms with Gasteiger partial charge in [-0.15, -0.1) is 17.9 Å². The number of carbonyl (C=O) groups is 1. The summed E-state index contributed by atoms with van der Waals surface area (Å²) in [6.45, 7) is 3.99. The van der Waals surface area contributed by atoms with Crippen molar-refractivity contribution in [2.24, 2.45) is 0 Å². The highest BCUT2D eigenvalue weighted by atomic mass is 32.2. The number of benzene rings is 2. The summed E-state index contributed by atoms with van der Waals surface area (Å²) < 4.78 is 15.3. The molecule has 0 fully saturated rings. The minimum atomic E-state index is -0.504. The second kappa shape index (κ2) is 9.28. The van der Waals surface area contributed by atoms with Crippen LogP contribution in [-0.2, 0) is 11.3 Å². The van der Waals surface area contributed by atoms with E-state index in [2.05, 4.69) is 16.9 Å². The number of rotatable bonds is 7. The van der Waals surface area contributed by atoms with Crippen LogP contribution in [0.4, 0.5) is 10.1 Å². The van der Waals surface area contributed by atoms with Crippen LogP contribution < -0.4 is 10.9 Å². The Labute approximate surface area is 186 Å². The first-order valence-electron chi connectivity index (χ1n) is 9.44. The van der Waals surface area contributed by atoms with E-state index in [9.17, 15) is 14.0 Å². The minimum Gasteiger partial charge on any atom is -0.323 e. The van der Waals surface area contributed by atoms with Crippen LogP contribution in [0.25, 0.3) is 20.7 Å². The Morgan fingerprint density at radius 1 is 1.19 bits per heavy atom. The predicted octanol–water partition coefficient (Wildman–Crippen LogP) is 5.18. The van der Waals surface area contributed by atoms with Crippen molar-refractivity contribution in [3.63, 3.8) is 0 Å². The molecule has 0 unspecified atom stereocenters. The SMILES string of the molecule is C=CCn1c(SCC(=O)Nc2ccccc2F)nc2sc(-c3ccccc3)cc2c1=O. The molecule has 2 aromatic carbocycles. The zero-order valence-corrected chi connectivity index (χ0v) is 18.0. The maximum Gasteiger partial charge on any atom is 0.263 e. The first-order chi connectivity index (χ1) is 15.1. The Hall–Kier alpha value is -3.23. The van der Waals surface area contributed by atoms with Crippen molar-refractivity contribution in [3.8, 4) is 10.4 Å². The van der Waals surface area contributed by atoms with Crippen molar-refractivity contribution in [1.82, 2.24) is 9.55 Å². The largest absolute Gasteiger partial charge is 0.323 e. The lowest BCUT2D eigenvalue weighted by Gasteiger charge is -2.10. The fourth-order valence-electron chi connectivity index (χ4n) is 3.02. The first kappa shape index (κ1) is 21.0. The lowest BCUT2D eigenvalue weighted by Crippen LogP contribution is -2.23. The fourth-order valence-corrected chi connectivity index (χ4v) is 4.91. The summed E-state index contributed by atoms with van der Waals surface area (Å²) in [6.07, 6.45) is 1.61. The van der Waals surface area contributed by atoms with Gasteiger partial charge in [0.2, 0.25) is 5.91 Å². The third kappa shape index (κ3) is 4.60. The molecule has 1 N–H and O–H groups in total. The molecule has 0 aliphatic rings. The average molecular weight is 452 g/mol. The highest BCUT2D eigenvalue weighted by Gasteiger charge is 2.16. The number of carbonyl (C=O) groups excluding carboxylic acids is 1. The van der Waals surface area contributed by atoms with Gasteiger partial charge < -0.3 is 5.32 Å². The van der Waals surface area contributed by atoms with Gasteiger partial charge in [-0.1, -0.05) is 60.3 Å². The van der Waals surface area contributed by atoms with E-state index in [0.717, 1.165) is 22.2 Å². The van der Waals surface area contributed by atoms with Crippen molar-refractivity contribution in [2.75, 3.05) is 11.1 Å². The Morgan fingerprint density at radius 2 is 1.94 bits per heavy atom. The molecule has 4 aromatic rings. The molecule has 2 heterocycles. The van der Waals surface area contributed by atoms with E-state index in [1.165, 1.54) is 28.0 Å². The van der Waals surface area contributed by atoms with Gasteiger partial charge in [-0.05, 0) is 23.8 Å². The van der Waals surface area contributed by atoms with Crippen molar-refractivity contribution >= 4 is 44.9 Å². The molecular weight excluding hydrogens is 433 g/mol. The van der Waals surface area contributed by atoms with E-state index >= 15 is 0 Å². The lowest BCUT2D eigenvalue weighted by atomic mass is 10.2. The number of nitrogens with zero attached hydrogens (tertiary/aromatic N) is 2. The Morgan fingerprint density at radius 3 is 2.68 bits per heavy atom. The number of anilines is 1. The van der Waals surface area contributed by atoms with Crippen LogP contribution in [0.5, 0.6) is 0 Å². The van der Waals surface area contributed by atoms with Crippen molar-refractivity contribution in [3.05, 3.63) is 89.5 Å². The van der Waals surface area contributed by atoms with Gasteiger partial charge in [0.05, 0.1) is 16.8 Å². The predicted molar refractivity (Wildman–Crippen MR) is 125 cm³/mol. The number of hydrogen-bond acceptors (Lipinski definition) is 5. The fraction of sp³-hybridized carbons (Fsp3) is 0.0870. The first-order valence-corrected chi connectivity index (χ1v) is 11.2. The van der Waals surface area contributed by atoms with Crippen LogP contribution in [0.3, 0.4) is 0 Å². The van der Waals surface area contributed by atoms with Gasteiger partial charge in [-0.25, -0.2) is 9.37 Å². The van der Waals surface area contributed by atoms with Gasteiger partial charge in [-0.2, -0.15) is 0 Å². The smallest absolute Gasteiger partial charge is 0.263 e. The zero-order valence-electron chi connectivity index (χ0n) is 16.4. The topological polar surface area (TPSA) is 64.0 Å². The number of halogens is 1. The van der Waals surface area contributed by atoms with Crippen LogP contribution in [0.2, 0.25) is 0 Å². The Balaban J connectivity index is 1.62. The van der Waals surface area contributed by atoms with Gasteiger partial charge in [0.15, 0.2) is 5.16 Å². The molecular formula is C23H18FN3O2S2. The molecule has 0 saturated carbocycles. The lowest BCUT2D eigenvalue weighted by molar-refractivity contribution is -0.113. The Kier molecular flexibility index (Phi) is 6.29. The summed E-state index contributed by atoms with van der Waals surface area (Å²) in [5.41, 5.74) is 0.949. The minimum absolute atomic E-state index is 0.0136. The quantitative estimate of drug-likeness (QED) is 0.239. The number of para-hydroxylation sites is 1. The average Bonchev–Trinajstić information content (AvgIpc) is 3.21. The zero-order chi connectivity index (χ0) is 21.8. The molecule has 0 bridgehead atoms. The summed E-state index contributed by atoms with van der Waals surface area (Å²) in [6, 6.07) is 17.6. The van der Waals surface area contributed by atoms with Gasteiger partial charge in [0.25, 0.3) is 5.56 Å². The maximum atomic E-state index is 13.8. The van der Waals surface area contributed by atoms with E-state index in [1.807, 2.05) is 36.4 Å². The molecule has 31 heavy (non-hydrogen) atoms. The number of hydrogen-bond donors (Lipinski definition) is 1. The molecule has 5 nitrogen and oxygen atoms in total. The third-order valence-electron chi connectivity index (χ3n) is 4.47. The second-order valence-corrected chi connectivity index (χ2v) is 8.58. The van der Waals surface area contributed by atoms with Crippen LogP contribution in [0, 0.1) is 5.82 Å². The highest BCUT2D eigenvalue weighted by molar-refractivity contribution is 7.99. The van der Waals surface area contributed by atoms with Crippen LogP contribution in [0.15, 0.2) is 83.3 Å². The van der Waals surface area contributed by atoms with Crippen molar-refractivity contribution < 1.29 is 9.18 Å². The molecule has 0 spiro atoms. The normalized spacial score (nSPS) is 10.9. The van der Waals surface area contributed by atoms with Crippen LogP contribution in [-0.4, -0.2) is 21.2 Å². The van der Waals surface area contributed by atoms with Gasteiger partial charge >= 0.3 is 0 Å². The van der Waals surface area contributed by atoms with Crippen molar-refractivity contribution in [1.29, 1.82) is 0 Å². The summed E-state index contributed by atoms with van der Waals surface area (Å²) >= 11 is 2.56. The number of nitrogens with one attached hydrogen (secondary N) is 1. The van der Waals surface area contributed by atoms with E-state index in [-0.39, 0.29) is 29.5 Å². The van der Waals surface area contributed by atoms with Crippen molar-refractivity contribution in [2.45, 2.75) is 11.7 Å². The molecule has 0 radical (unpaired) electrons. The van der Waals surface area contributed by atoms with Gasteiger partial charge in [0, 0.05) is 11.4 Å². The van der Waals surface area contributed by atoms with E-state index < -0.39 is 5.82 Å². The monoisotopic (exact) mass is 451 g/mol. The van der Waals surface area contributed by atoms with Crippen LogP contribution >= 0.6 is 23.1 Å². The van der Waals surface area contributed by atoms with Gasteiger partial charge in [-0.3, -0.25) is 14.2 Å². The summed E-state index contributed by atoms with van der Waals surface area (Å²) in [7, 11) is 0. The molecule has 8 heteroatoms. The number of allylic oxidation sites excluding steroid dienone is 1. The van der Waals surface area contributed by atoms with Crippen LogP contribution in [0.1, 0.15) is 0 Å². The molecule has 2 aromatic heterocycles. The number of amides is 1. The number of aromatic nitrogens is 2. The summed E-state index contributed by atoms with van der Waals surface area (Å²) in [5.74, 6) is -0.901. The number of fused-ring (bicyclic) bond motifs is 1. The molecule has 0 saturated heterocycles. The second-order valence-electron chi connectivity index (χ2n) is 6.61. The van der Waals surface area contributed by atoms with E-state index in [0.29, 0.717) is 15.4 Å². The van der Waals surface area contributed by atoms with Gasteiger partial charge in [0.1, 0.15) is 10.6 Å².